The van der Waals surface area contributed by atoms with E-state index >= 15 is 0 Å². The minimum atomic E-state index is -0.630. The first kappa shape index (κ1) is 21.7. The lowest BCUT2D eigenvalue weighted by molar-refractivity contribution is -0.139. The SMILES string of the molecule is CCOC(=O)C1=C(C(C)C)NC(=O)NC1c1cccc(OCc2ccc(Cl)cc2)c1. The lowest BCUT2D eigenvalue weighted by Gasteiger charge is -2.31. The van der Waals surface area contributed by atoms with Crippen LogP contribution in [0.5, 0.6) is 5.75 Å². The van der Waals surface area contributed by atoms with E-state index < -0.39 is 12.0 Å². The van der Waals surface area contributed by atoms with Gasteiger partial charge in [-0.05, 0) is 48.2 Å². The molecule has 1 atom stereocenters. The van der Waals surface area contributed by atoms with Gasteiger partial charge in [0.05, 0.1) is 18.2 Å². The molecule has 0 aliphatic carbocycles. The Kier molecular flexibility index (Phi) is 7.00. The summed E-state index contributed by atoms with van der Waals surface area (Å²) in [4.78, 5) is 25.0. The molecular formula is C23H25ClN2O4. The third-order valence-electron chi connectivity index (χ3n) is 4.69. The number of urea groups is 1. The van der Waals surface area contributed by atoms with Crippen molar-refractivity contribution in [1.29, 1.82) is 0 Å². The molecule has 2 aromatic carbocycles. The Morgan fingerprint density at radius 2 is 1.90 bits per heavy atom. The number of carbonyl (C=O) groups excluding carboxylic acids is 2. The molecule has 0 saturated heterocycles. The van der Waals surface area contributed by atoms with Crippen LogP contribution in [-0.2, 0) is 16.1 Å². The quantitative estimate of drug-likeness (QED) is 0.624. The van der Waals surface area contributed by atoms with Crippen LogP contribution in [0.4, 0.5) is 4.79 Å². The maximum Gasteiger partial charge on any atom is 0.338 e. The van der Waals surface area contributed by atoms with E-state index in [0.29, 0.717) is 28.6 Å². The van der Waals surface area contributed by atoms with Crippen LogP contribution in [0.25, 0.3) is 0 Å². The van der Waals surface area contributed by atoms with Gasteiger partial charge in [0.2, 0.25) is 0 Å². The van der Waals surface area contributed by atoms with Crippen LogP contribution < -0.4 is 15.4 Å². The summed E-state index contributed by atoms with van der Waals surface area (Å²) in [5, 5.41) is 6.26. The second-order valence-corrected chi connectivity index (χ2v) is 7.66. The highest BCUT2D eigenvalue weighted by molar-refractivity contribution is 6.30. The fourth-order valence-electron chi connectivity index (χ4n) is 3.26. The maximum atomic E-state index is 12.7. The molecule has 0 bridgehead atoms. The van der Waals surface area contributed by atoms with Gasteiger partial charge in [0.15, 0.2) is 0 Å². The lowest BCUT2D eigenvalue weighted by atomic mass is 9.91. The number of rotatable bonds is 7. The van der Waals surface area contributed by atoms with E-state index in [-0.39, 0.29) is 18.6 Å². The van der Waals surface area contributed by atoms with Gasteiger partial charge in [-0.3, -0.25) is 0 Å². The standard InChI is InChI=1S/C23H25ClN2O4/c1-4-29-22(27)19-20(14(2)3)25-23(28)26-21(19)16-6-5-7-18(12-16)30-13-15-8-10-17(24)11-9-15/h5-12,14,21H,4,13H2,1-3H3,(H2,25,26,28). The number of nitrogens with one attached hydrogen (secondary N) is 2. The monoisotopic (exact) mass is 428 g/mol. The third-order valence-corrected chi connectivity index (χ3v) is 4.94. The molecule has 2 N–H and O–H groups in total. The maximum absolute atomic E-state index is 12.7. The summed E-state index contributed by atoms with van der Waals surface area (Å²) in [5.74, 6) is 0.123. The minimum Gasteiger partial charge on any atom is -0.489 e. The first-order chi connectivity index (χ1) is 14.4. The van der Waals surface area contributed by atoms with Crippen molar-refractivity contribution >= 4 is 23.6 Å². The number of benzene rings is 2. The largest absolute Gasteiger partial charge is 0.489 e. The molecule has 0 spiro atoms. The van der Waals surface area contributed by atoms with E-state index in [2.05, 4.69) is 10.6 Å². The Hall–Kier alpha value is -2.99. The number of ether oxygens (including phenoxy) is 2. The van der Waals surface area contributed by atoms with E-state index in [0.717, 1.165) is 11.1 Å². The molecule has 1 aliphatic heterocycles. The van der Waals surface area contributed by atoms with E-state index in [9.17, 15) is 9.59 Å². The van der Waals surface area contributed by atoms with Gasteiger partial charge in [-0.15, -0.1) is 0 Å². The molecule has 30 heavy (non-hydrogen) atoms. The van der Waals surface area contributed by atoms with Gasteiger partial charge in [0.25, 0.3) is 0 Å². The Morgan fingerprint density at radius 3 is 2.57 bits per heavy atom. The molecule has 1 unspecified atom stereocenters. The van der Waals surface area contributed by atoms with Crippen molar-refractivity contribution in [3.05, 3.63) is 76.0 Å². The summed E-state index contributed by atoms with van der Waals surface area (Å²) in [6.07, 6.45) is 0. The van der Waals surface area contributed by atoms with Crippen molar-refractivity contribution in [2.75, 3.05) is 6.61 Å². The Labute approximate surface area is 181 Å². The molecule has 0 fully saturated rings. The van der Waals surface area contributed by atoms with Gasteiger partial charge >= 0.3 is 12.0 Å². The Balaban J connectivity index is 1.89. The van der Waals surface area contributed by atoms with Crippen LogP contribution in [0, 0.1) is 5.92 Å². The molecule has 158 valence electrons. The average Bonchev–Trinajstić information content (AvgIpc) is 2.73. The number of allylic oxidation sites excluding steroid dienone is 1. The van der Waals surface area contributed by atoms with Crippen LogP contribution in [0.15, 0.2) is 59.8 Å². The zero-order valence-corrected chi connectivity index (χ0v) is 18.0. The summed E-state index contributed by atoms with van der Waals surface area (Å²) in [6.45, 7) is 6.21. The van der Waals surface area contributed by atoms with Gasteiger partial charge in [-0.1, -0.05) is 49.7 Å². The highest BCUT2D eigenvalue weighted by atomic mass is 35.5. The molecule has 0 saturated carbocycles. The summed E-state index contributed by atoms with van der Waals surface area (Å²) in [5.41, 5.74) is 2.69. The summed E-state index contributed by atoms with van der Waals surface area (Å²) in [7, 11) is 0. The summed E-state index contributed by atoms with van der Waals surface area (Å²) in [6, 6.07) is 13.8. The predicted molar refractivity (Wildman–Crippen MR) is 115 cm³/mol. The molecule has 0 aromatic heterocycles. The van der Waals surface area contributed by atoms with Crippen LogP contribution in [0.1, 0.15) is 37.9 Å². The first-order valence-electron chi connectivity index (χ1n) is 9.85. The highest BCUT2D eigenvalue weighted by Gasteiger charge is 2.34. The van der Waals surface area contributed by atoms with Gasteiger partial charge in [0.1, 0.15) is 12.4 Å². The van der Waals surface area contributed by atoms with E-state index in [4.69, 9.17) is 21.1 Å². The average molecular weight is 429 g/mol. The van der Waals surface area contributed by atoms with Gasteiger partial charge in [0, 0.05) is 10.7 Å². The summed E-state index contributed by atoms with van der Waals surface area (Å²) >= 11 is 5.92. The number of hydrogen-bond acceptors (Lipinski definition) is 4. The third kappa shape index (κ3) is 5.13. The minimum absolute atomic E-state index is 0.0534. The molecule has 1 aliphatic rings. The van der Waals surface area contributed by atoms with Gasteiger partial charge in [-0.2, -0.15) is 0 Å². The van der Waals surface area contributed by atoms with E-state index in [1.807, 2.05) is 62.4 Å². The number of halogens is 1. The molecule has 3 rings (SSSR count). The van der Waals surface area contributed by atoms with Gasteiger partial charge in [-0.25, -0.2) is 9.59 Å². The second kappa shape index (κ2) is 9.67. The van der Waals surface area contributed by atoms with Crippen molar-refractivity contribution in [2.24, 2.45) is 5.92 Å². The number of amides is 2. The van der Waals surface area contributed by atoms with Crippen molar-refractivity contribution in [3.8, 4) is 5.75 Å². The van der Waals surface area contributed by atoms with Crippen molar-refractivity contribution in [3.63, 3.8) is 0 Å². The lowest BCUT2D eigenvalue weighted by Crippen LogP contribution is -2.47. The molecule has 0 radical (unpaired) electrons. The van der Waals surface area contributed by atoms with Crippen LogP contribution in [0.2, 0.25) is 5.02 Å². The van der Waals surface area contributed by atoms with Crippen molar-refractivity contribution in [1.82, 2.24) is 10.6 Å². The Morgan fingerprint density at radius 1 is 1.17 bits per heavy atom. The zero-order valence-electron chi connectivity index (χ0n) is 17.2. The van der Waals surface area contributed by atoms with Crippen molar-refractivity contribution < 1.29 is 19.1 Å². The number of esters is 1. The number of carbonyl (C=O) groups is 2. The summed E-state index contributed by atoms with van der Waals surface area (Å²) < 4.78 is 11.2. The molecule has 2 amide bonds. The molecule has 7 heteroatoms. The van der Waals surface area contributed by atoms with Gasteiger partial charge < -0.3 is 20.1 Å². The van der Waals surface area contributed by atoms with Crippen molar-refractivity contribution in [2.45, 2.75) is 33.4 Å². The fourth-order valence-corrected chi connectivity index (χ4v) is 3.38. The van der Waals surface area contributed by atoms with Crippen LogP contribution >= 0.6 is 11.6 Å². The smallest absolute Gasteiger partial charge is 0.338 e. The molecule has 1 heterocycles. The predicted octanol–water partition coefficient (Wildman–Crippen LogP) is 4.75. The number of hydrogen-bond donors (Lipinski definition) is 2. The second-order valence-electron chi connectivity index (χ2n) is 7.22. The highest BCUT2D eigenvalue weighted by Crippen LogP contribution is 2.32. The zero-order chi connectivity index (χ0) is 21.7. The van der Waals surface area contributed by atoms with E-state index in [1.165, 1.54) is 0 Å². The molecule has 2 aromatic rings. The van der Waals surface area contributed by atoms with Crippen LogP contribution in [0.3, 0.4) is 0 Å². The van der Waals surface area contributed by atoms with Crippen LogP contribution in [-0.4, -0.2) is 18.6 Å². The normalized spacial score (nSPS) is 16.2. The molecular weight excluding hydrogens is 404 g/mol. The Bertz CT molecular complexity index is 954. The fraction of sp³-hybridized carbons (Fsp3) is 0.304. The topological polar surface area (TPSA) is 76.7 Å². The van der Waals surface area contributed by atoms with E-state index in [1.54, 1.807) is 6.92 Å². The molecule has 6 nitrogen and oxygen atoms in total. The first-order valence-corrected chi connectivity index (χ1v) is 10.2.